The van der Waals surface area contributed by atoms with E-state index in [4.69, 9.17) is 14.5 Å². The first-order chi connectivity index (χ1) is 15.4. The van der Waals surface area contributed by atoms with Crippen molar-refractivity contribution in [3.63, 3.8) is 0 Å². The highest BCUT2D eigenvalue weighted by molar-refractivity contribution is 5.66. The zero-order valence-corrected chi connectivity index (χ0v) is 19.1. The standard InChI is InChI=1S/C24H28N6O2/c1-7-18(8-2)30-22-21(32-14-24(30,4)5)12-25-23(28-22)27-17-9-10-19(20(11-17)31-6)29-13-16(3)26-15-29/h7-13,15H,1,14H2,2-6H3,(H,25,27,28). The fraction of sp³-hybridized carbons (Fsp3) is 0.292. The molecule has 0 spiro atoms. The minimum absolute atomic E-state index is 0.289. The second-order valence-electron chi connectivity index (χ2n) is 8.17. The number of hydrogen-bond acceptors (Lipinski definition) is 7. The van der Waals surface area contributed by atoms with E-state index in [9.17, 15) is 0 Å². The molecule has 0 atom stereocenters. The molecule has 1 N–H and O–H groups in total. The molecular formula is C24H28N6O2. The van der Waals surface area contributed by atoms with E-state index in [2.05, 4.69) is 40.6 Å². The Bertz CT molecular complexity index is 1180. The lowest BCUT2D eigenvalue weighted by atomic mass is 10.0. The molecule has 0 amide bonds. The molecule has 32 heavy (non-hydrogen) atoms. The first-order valence-corrected chi connectivity index (χ1v) is 10.4. The summed E-state index contributed by atoms with van der Waals surface area (Å²) in [6.45, 7) is 12.6. The number of aromatic nitrogens is 4. The van der Waals surface area contributed by atoms with Crippen molar-refractivity contribution in [2.24, 2.45) is 0 Å². The minimum Gasteiger partial charge on any atom is -0.494 e. The molecule has 8 heteroatoms. The van der Waals surface area contributed by atoms with Crippen molar-refractivity contribution in [2.75, 3.05) is 23.9 Å². The van der Waals surface area contributed by atoms with Crippen LogP contribution in [0.15, 0.2) is 61.3 Å². The van der Waals surface area contributed by atoms with Crippen LogP contribution in [-0.2, 0) is 0 Å². The molecule has 166 valence electrons. The van der Waals surface area contributed by atoms with Crippen molar-refractivity contribution in [3.8, 4) is 17.2 Å². The average molecular weight is 433 g/mol. The van der Waals surface area contributed by atoms with Crippen LogP contribution in [0.4, 0.5) is 17.5 Å². The predicted molar refractivity (Wildman–Crippen MR) is 126 cm³/mol. The summed E-state index contributed by atoms with van der Waals surface area (Å²) in [4.78, 5) is 15.6. The van der Waals surface area contributed by atoms with Crippen LogP contribution in [-0.4, -0.2) is 38.8 Å². The summed E-state index contributed by atoms with van der Waals surface area (Å²) in [5, 5.41) is 3.28. The quantitative estimate of drug-likeness (QED) is 0.561. The maximum atomic E-state index is 5.93. The Morgan fingerprint density at radius 3 is 2.78 bits per heavy atom. The average Bonchev–Trinajstić information content (AvgIpc) is 3.21. The van der Waals surface area contributed by atoms with Crippen LogP contribution in [0.1, 0.15) is 26.5 Å². The summed E-state index contributed by atoms with van der Waals surface area (Å²) in [5.74, 6) is 2.51. The van der Waals surface area contributed by atoms with Gasteiger partial charge in [-0.1, -0.05) is 12.7 Å². The number of anilines is 3. The van der Waals surface area contributed by atoms with Gasteiger partial charge in [-0.3, -0.25) is 0 Å². The van der Waals surface area contributed by atoms with Crippen LogP contribution in [0, 0.1) is 6.92 Å². The second-order valence-corrected chi connectivity index (χ2v) is 8.17. The number of hydrogen-bond donors (Lipinski definition) is 1. The van der Waals surface area contributed by atoms with Gasteiger partial charge in [-0.25, -0.2) is 9.97 Å². The summed E-state index contributed by atoms with van der Waals surface area (Å²) >= 11 is 0. The molecule has 0 aliphatic carbocycles. The van der Waals surface area contributed by atoms with Gasteiger partial charge in [0.1, 0.15) is 12.4 Å². The highest BCUT2D eigenvalue weighted by atomic mass is 16.5. The van der Waals surface area contributed by atoms with E-state index in [1.165, 1.54) is 0 Å². The first kappa shape index (κ1) is 21.4. The Morgan fingerprint density at radius 1 is 1.31 bits per heavy atom. The van der Waals surface area contributed by atoms with Crippen molar-refractivity contribution in [1.29, 1.82) is 0 Å². The third-order valence-corrected chi connectivity index (χ3v) is 5.32. The fourth-order valence-electron chi connectivity index (χ4n) is 3.75. The molecule has 0 saturated heterocycles. The molecule has 0 saturated carbocycles. The molecule has 1 aliphatic rings. The lowest BCUT2D eigenvalue weighted by Crippen LogP contribution is -2.51. The molecule has 0 bridgehead atoms. The van der Waals surface area contributed by atoms with Crippen LogP contribution in [0.25, 0.3) is 5.69 Å². The summed E-state index contributed by atoms with van der Waals surface area (Å²) in [5.41, 5.74) is 3.31. The van der Waals surface area contributed by atoms with E-state index in [1.54, 1.807) is 19.6 Å². The molecule has 0 fully saturated rings. The highest BCUT2D eigenvalue weighted by Crippen LogP contribution is 2.40. The Labute approximate surface area is 188 Å². The van der Waals surface area contributed by atoms with Crippen molar-refractivity contribution in [2.45, 2.75) is 33.2 Å². The fourth-order valence-corrected chi connectivity index (χ4v) is 3.75. The Hall–Kier alpha value is -3.81. The van der Waals surface area contributed by atoms with Gasteiger partial charge in [0.2, 0.25) is 5.95 Å². The van der Waals surface area contributed by atoms with Gasteiger partial charge in [-0.05, 0) is 45.9 Å². The van der Waals surface area contributed by atoms with E-state index in [0.29, 0.717) is 29.9 Å². The van der Waals surface area contributed by atoms with E-state index < -0.39 is 0 Å². The number of methoxy groups -OCH3 is 1. The van der Waals surface area contributed by atoms with Crippen molar-refractivity contribution in [3.05, 3.63) is 67.0 Å². The minimum atomic E-state index is -0.289. The zero-order chi connectivity index (χ0) is 22.9. The highest BCUT2D eigenvalue weighted by Gasteiger charge is 2.37. The maximum Gasteiger partial charge on any atom is 0.229 e. The Balaban J connectivity index is 1.68. The summed E-state index contributed by atoms with van der Waals surface area (Å²) in [6.07, 6.45) is 9.26. The molecule has 8 nitrogen and oxygen atoms in total. The van der Waals surface area contributed by atoms with Crippen molar-refractivity contribution in [1.82, 2.24) is 19.5 Å². The smallest absolute Gasteiger partial charge is 0.229 e. The zero-order valence-electron chi connectivity index (χ0n) is 19.1. The number of allylic oxidation sites excluding steroid dienone is 2. The lowest BCUT2D eigenvalue weighted by molar-refractivity contribution is 0.217. The van der Waals surface area contributed by atoms with Crippen LogP contribution in [0.2, 0.25) is 0 Å². The molecule has 0 unspecified atom stereocenters. The Morgan fingerprint density at radius 2 is 2.12 bits per heavy atom. The largest absolute Gasteiger partial charge is 0.494 e. The van der Waals surface area contributed by atoms with Gasteiger partial charge >= 0.3 is 0 Å². The number of nitrogens with zero attached hydrogens (tertiary/aromatic N) is 5. The summed E-state index contributed by atoms with van der Waals surface area (Å²) in [7, 11) is 1.65. The van der Waals surface area contributed by atoms with Gasteiger partial charge in [0.05, 0.1) is 36.6 Å². The number of rotatable bonds is 6. The van der Waals surface area contributed by atoms with E-state index in [0.717, 1.165) is 22.8 Å². The third kappa shape index (κ3) is 3.91. The number of ether oxygens (including phenoxy) is 2. The predicted octanol–water partition coefficient (Wildman–Crippen LogP) is 4.79. The van der Waals surface area contributed by atoms with Gasteiger partial charge in [0.25, 0.3) is 0 Å². The summed E-state index contributed by atoms with van der Waals surface area (Å²) in [6, 6.07) is 5.83. The van der Waals surface area contributed by atoms with Crippen LogP contribution < -0.4 is 19.7 Å². The van der Waals surface area contributed by atoms with Gasteiger partial charge in [0, 0.05) is 23.6 Å². The van der Waals surface area contributed by atoms with Crippen molar-refractivity contribution < 1.29 is 9.47 Å². The number of nitrogens with one attached hydrogen (secondary N) is 1. The van der Waals surface area contributed by atoms with E-state index in [1.807, 2.05) is 55.0 Å². The molecule has 3 heterocycles. The molecule has 4 rings (SSSR count). The number of imidazole rings is 1. The number of fused-ring (bicyclic) bond motifs is 1. The van der Waals surface area contributed by atoms with Crippen LogP contribution >= 0.6 is 0 Å². The second kappa shape index (κ2) is 8.37. The lowest BCUT2D eigenvalue weighted by Gasteiger charge is -2.43. The summed E-state index contributed by atoms with van der Waals surface area (Å²) < 4.78 is 13.5. The Kier molecular flexibility index (Phi) is 5.61. The molecule has 1 aromatic carbocycles. The maximum absolute atomic E-state index is 5.93. The molecule has 3 aromatic rings. The molecule has 1 aliphatic heterocycles. The molecular weight excluding hydrogens is 404 g/mol. The van der Waals surface area contributed by atoms with Gasteiger partial charge in [-0.2, -0.15) is 4.98 Å². The monoisotopic (exact) mass is 432 g/mol. The number of aryl methyl sites for hydroxylation is 1. The van der Waals surface area contributed by atoms with Gasteiger partial charge in [-0.15, -0.1) is 0 Å². The molecule has 0 radical (unpaired) electrons. The van der Waals surface area contributed by atoms with Crippen molar-refractivity contribution >= 4 is 17.5 Å². The molecule has 2 aromatic heterocycles. The SMILES string of the molecule is C=CC(=CC)N1c2nc(Nc3ccc(-n4cnc(C)c4)c(OC)c3)ncc2OCC1(C)C. The van der Waals surface area contributed by atoms with Gasteiger partial charge < -0.3 is 24.3 Å². The topological polar surface area (TPSA) is 77.3 Å². The van der Waals surface area contributed by atoms with Crippen LogP contribution in [0.5, 0.6) is 11.5 Å². The first-order valence-electron chi connectivity index (χ1n) is 10.4. The van der Waals surface area contributed by atoms with Crippen LogP contribution in [0.3, 0.4) is 0 Å². The number of benzene rings is 1. The normalized spacial score (nSPS) is 15.0. The van der Waals surface area contributed by atoms with Gasteiger partial charge in [0.15, 0.2) is 11.6 Å². The van der Waals surface area contributed by atoms with E-state index >= 15 is 0 Å². The third-order valence-electron chi connectivity index (χ3n) is 5.32. The van der Waals surface area contributed by atoms with E-state index in [-0.39, 0.29) is 5.54 Å².